The van der Waals surface area contributed by atoms with Gasteiger partial charge in [-0.1, -0.05) is 37.3 Å². The van der Waals surface area contributed by atoms with Gasteiger partial charge in [0.25, 0.3) is 0 Å². The normalized spacial score (nSPS) is 10.4. The van der Waals surface area contributed by atoms with E-state index in [1.807, 2.05) is 0 Å². The zero-order valence-corrected chi connectivity index (χ0v) is 12.9. The summed E-state index contributed by atoms with van der Waals surface area (Å²) in [7, 11) is 0. The number of anilines is 1. The van der Waals surface area contributed by atoms with Crippen LogP contribution in [0.25, 0.3) is 5.70 Å². The number of nitrogens with one attached hydrogen (secondary N) is 1. The van der Waals surface area contributed by atoms with Crippen molar-refractivity contribution in [3.05, 3.63) is 70.8 Å². The number of benzene rings is 2. The van der Waals surface area contributed by atoms with E-state index in [0.717, 1.165) is 17.8 Å². The molecule has 0 unspecified atom stereocenters. The molecule has 2 rings (SSSR count). The summed E-state index contributed by atoms with van der Waals surface area (Å²) in [5.41, 5.74) is 8.46. The molecular formula is C19H23N. The van der Waals surface area contributed by atoms with E-state index in [2.05, 4.69) is 76.0 Å². The molecule has 0 aliphatic heterocycles. The topological polar surface area (TPSA) is 12.0 Å². The van der Waals surface area contributed by atoms with Gasteiger partial charge in [0, 0.05) is 16.9 Å². The molecule has 0 fully saturated rings. The third kappa shape index (κ3) is 3.11. The monoisotopic (exact) mass is 265 g/mol. The Bertz CT molecular complexity index is 621. The fraction of sp³-hybridized carbons (Fsp3) is 0.263. The Hall–Kier alpha value is -2.02. The molecular weight excluding hydrogens is 242 g/mol. The molecule has 1 nitrogen and oxygen atoms in total. The molecule has 0 saturated carbocycles. The minimum atomic E-state index is 0.957. The number of aryl methyl sites for hydroxylation is 3. The van der Waals surface area contributed by atoms with Crippen molar-refractivity contribution in [2.24, 2.45) is 0 Å². The summed E-state index contributed by atoms with van der Waals surface area (Å²) in [6.07, 6.45) is 1.07. The SMILES string of the molecule is C=C(Nc1ccc(CC)cc1)c1cc(C)cc(C)c1C. The number of rotatable bonds is 4. The quantitative estimate of drug-likeness (QED) is 0.795. The van der Waals surface area contributed by atoms with Gasteiger partial charge in [-0.2, -0.15) is 0 Å². The van der Waals surface area contributed by atoms with E-state index in [-0.39, 0.29) is 0 Å². The van der Waals surface area contributed by atoms with Crippen molar-refractivity contribution in [2.45, 2.75) is 34.1 Å². The Balaban J connectivity index is 2.23. The van der Waals surface area contributed by atoms with Gasteiger partial charge in [0.2, 0.25) is 0 Å². The lowest BCUT2D eigenvalue weighted by atomic mass is 9.98. The predicted octanol–water partition coefficient (Wildman–Crippen LogP) is 5.26. The molecule has 0 bridgehead atoms. The van der Waals surface area contributed by atoms with Crippen LogP contribution in [0.5, 0.6) is 0 Å². The Labute approximate surface area is 122 Å². The average molecular weight is 265 g/mol. The Morgan fingerprint density at radius 3 is 2.30 bits per heavy atom. The lowest BCUT2D eigenvalue weighted by molar-refractivity contribution is 1.14. The van der Waals surface area contributed by atoms with E-state index in [4.69, 9.17) is 0 Å². The van der Waals surface area contributed by atoms with Crippen LogP contribution < -0.4 is 5.32 Å². The summed E-state index contributed by atoms with van der Waals surface area (Å²) in [5, 5.41) is 3.41. The van der Waals surface area contributed by atoms with Crippen molar-refractivity contribution in [3.63, 3.8) is 0 Å². The Morgan fingerprint density at radius 2 is 1.70 bits per heavy atom. The Kier molecular flexibility index (Phi) is 4.29. The van der Waals surface area contributed by atoms with Crippen LogP contribution >= 0.6 is 0 Å². The zero-order chi connectivity index (χ0) is 14.7. The highest BCUT2D eigenvalue weighted by atomic mass is 14.9. The zero-order valence-electron chi connectivity index (χ0n) is 12.9. The standard InChI is InChI=1S/C19H23N/c1-6-17-7-9-18(10-8-17)20-16(5)19-12-13(2)11-14(3)15(19)4/h7-12,20H,5-6H2,1-4H3. The smallest absolute Gasteiger partial charge is 0.0387 e. The number of hydrogen-bond acceptors (Lipinski definition) is 1. The average Bonchev–Trinajstić information content (AvgIpc) is 2.43. The van der Waals surface area contributed by atoms with E-state index >= 15 is 0 Å². The molecule has 104 valence electrons. The van der Waals surface area contributed by atoms with Crippen molar-refractivity contribution in [2.75, 3.05) is 5.32 Å². The highest BCUT2D eigenvalue weighted by Crippen LogP contribution is 2.24. The lowest BCUT2D eigenvalue weighted by Gasteiger charge is -2.15. The molecule has 0 heterocycles. The molecule has 0 aromatic heterocycles. The van der Waals surface area contributed by atoms with Crippen molar-refractivity contribution in [1.82, 2.24) is 0 Å². The van der Waals surface area contributed by atoms with Gasteiger partial charge in [-0.05, 0) is 62.1 Å². The first-order chi connectivity index (χ1) is 9.51. The molecule has 20 heavy (non-hydrogen) atoms. The van der Waals surface area contributed by atoms with Crippen LogP contribution in [0.1, 0.15) is 34.7 Å². The summed E-state index contributed by atoms with van der Waals surface area (Å²) in [6, 6.07) is 12.9. The van der Waals surface area contributed by atoms with Gasteiger partial charge in [-0.15, -0.1) is 0 Å². The molecule has 1 N–H and O–H groups in total. The molecule has 0 saturated heterocycles. The molecule has 2 aromatic rings. The molecule has 0 amide bonds. The lowest BCUT2D eigenvalue weighted by Crippen LogP contribution is -2.01. The fourth-order valence-electron chi connectivity index (χ4n) is 2.42. The van der Waals surface area contributed by atoms with Gasteiger partial charge < -0.3 is 5.32 Å². The van der Waals surface area contributed by atoms with Gasteiger partial charge in [0.1, 0.15) is 0 Å². The summed E-state index contributed by atoms with van der Waals surface area (Å²) in [4.78, 5) is 0. The maximum absolute atomic E-state index is 4.19. The van der Waals surface area contributed by atoms with Crippen LogP contribution in [0.3, 0.4) is 0 Å². The maximum atomic E-state index is 4.19. The van der Waals surface area contributed by atoms with Crippen LogP contribution in [0.4, 0.5) is 5.69 Å². The summed E-state index contributed by atoms with van der Waals surface area (Å²) >= 11 is 0. The van der Waals surface area contributed by atoms with E-state index in [1.54, 1.807) is 0 Å². The predicted molar refractivity (Wildman–Crippen MR) is 89.1 cm³/mol. The minimum Gasteiger partial charge on any atom is -0.356 e. The first kappa shape index (κ1) is 14.4. The van der Waals surface area contributed by atoms with Crippen molar-refractivity contribution in [3.8, 4) is 0 Å². The van der Waals surface area contributed by atoms with Crippen molar-refractivity contribution in [1.29, 1.82) is 0 Å². The van der Waals surface area contributed by atoms with E-state index in [0.29, 0.717) is 0 Å². The van der Waals surface area contributed by atoms with Gasteiger partial charge in [0.15, 0.2) is 0 Å². The molecule has 0 spiro atoms. The van der Waals surface area contributed by atoms with E-state index in [9.17, 15) is 0 Å². The first-order valence-electron chi connectivity index (χ1n) is 7.14. The molecule has 0 radical (unpaired) electrons. The van der Waals surface area contributed by atoms with Gasteiger partial charge >= 0.3 is 0 Å². The van der Waals surface area contributed by atoms with Crippen LogP contribution in [0, 0.1) is 20.8 Å². The summed E-state index contributed by atoms with van der Waals surface area (Å²) in [5.74, 6) is 0. The van der Waals surface area contributed by atoms with Gasteiger partial charge in [0.05, 0.1) is 0 Å². The van der Waals surface area contributed by atoms with Crippen molar-refractivity contribution >= 4 is 11.4 Å². The fourth-order valence-corrected chi connectivity index (χ4v) is 2.42. The molecule has 0 atom stereocenters. The Morgan fingerprint density at radius 1 is 1.05 bits per heavy atom. The summed E-state index contributed by atoms with van der Waals surface area (Å²) < 4.78 is 0. The largest absolute Gasteiger partial charge is 0.356 e. The second-order valence-electron chi connectivity index (χ2n) is 5.41. The maximum Gasteiger partial charge on any atom is 0.0387 e. The highest BCUT2D eigenvalue weighted by Gasteiger charge is 2.06. The van der Waals surface area contributed by atoms with Gasteiger partial charge in [-0.3, -0.25) is 0 Å². The number of hydrogen-bond donors (Lipinski definition) is 1. The second kappa shape index (κ2) is 5.96. The van der Waals surface area contributed by atoms with Crippen LogP contribution in [0.15, 0.2) is 43.0 Å². The third-order valence-electron chi connectivity index (χ3n) is 3.79. The minimum absolute atomic E-state index is 0.957. The van der Waals surface area contributed by atoms with Crippen LogP contribution in [-0.4, -0.2) is 0 Å². The van der Waals surface area contributed by atoms with E-state index < -0.39 is 0 Å². The van der Waals surface area contributed by atoms with E-state index in [1.165, 1.54) is 27.8 Å². The third-order valence-corrected chi connectivity index (χ3v) is 3.79. The van der Waals surface area contributed by atoms with Crippen LogP contribution in [0.2, 0.25) is 0 Å². The molecule has 2 aromatic carbocycles. The summed E-state index contributed by atoms with van der Waals surface area (Å²) in [6.45, 7) is 12.8. The first-order valence-corrected chi connectivity index (χ1v) is 7.14. The van der Waals surface area contributed by atoms with Crippen molar-refractivity contribution < 1.29 is 0 Å². The molecule has 0 aliphatic carbocycles. The second-order valence-corrected chi connectivity index (χ2v) is 5.41. The van der Waals surface area contributed by atoms with Gasteiger partial charge in [-0.25, -0.2) is 0 Å². The molecule has 1 heteroatoms. The highest BCUT2D eigenvalue weighted by molar-refractivity contribution is 5.77. The van der Waals surface area contributed by atoms with Crippen LogP contribution in [-0.2, 0) is 6.42 Å². The molecule has 0 aliphatic rings.